The van der Waals surface area contributed by atoms with Crippen molar-refractivity contribution in [2.45, 2.75) is 12.8 Å². The van der Waals surface area contributed by atoms with Gasteiger partial charge in [0.1, 0.15) is 5.82 Å². The van der Waals surface area contributed by atoms with E-state index >= 15 is 0 Å². The molecule has 0 aliphatic heterocycles. The second-order valence-corrected chi connectivity index (χ2v) is 3.16. The first kappa shape index (κ1) is 12.1. The summed E-state index contributed by atoms with van der Waals surface area (Å²) in [6.07, 6.45) is -0.265. The molecular weight excluding hydrogens is 197 g/mol. The normalized spacial score (nSPS) is 10.9. The number of hydrogen-bond donors (Lipinski definition) is 1. The zero-order valence-corrected chi connectivity index (χ0v) is 9.00. The van der Waals surface area contributed by atoms with Crippen molar-refractivity contribution < 1.29 is 13.9 Å². The average molecular weight is 213 g/mol. The summed E-state index contributed by atoms with van der Waals surface area (Å²) in [6.45, 7) is 1.17. The Morgan fingerprint density at radius 2 is 2.07 bits per heavy atom. The topological polar surface area (TPSA) is 30.5 Å². The molecule has 1 rings (SSSR count). The highest BCUT2D eigenvalue weighted by Crippen LogP contribution is 2.02. The molecule has 3 nitrogen and oxygen atoms in total. The molecule has 1 aromatic carbocycles. The van der Waals surface area contributed by atoms with Gasteiger partial charge >= 0.3 is 0 Å². The molecular formula is C11H16FNO2. The predicted octanol–water partition coefficient (Wildman–Crippen LogP) is 1.53. The van der Waals surface area contributed by atoms with E-state index in [1.54, 1.807) is 20.3 Å². The van der Waals surface area contributed by atoms with Crippen LogP contribution in [-0.2, 0) is 16.0 Å². The van der Waals surface area contributed by atoms with Gasteiger partial charge in [-0.05, 0) is 17.7 Å². The molecule has 1 aromatic rings. The van der Waals surface area contributed by atoms with Gasteiger partial charge in [0.25, 0.3) is 0 Å². The minimum Gasteiger partial charge on any atom is -0.355 e. The predicted molar refractivity (Wildman–Crippen MR) is 55.9 cm³/mol. The standard InChI is InChI=1S/C11H16FNO2/c1-14-11(15-2)8-13-7-9-4-3-5-10(12)6-9/h3-6,11,13H,7-8H2,1-2H3. The molecule has 0 bridgehead atoms. The fraction of sp³-hybridized carbons (Fsp3) is 0.455. The van der Waals surface area contributed by atoms with Gasteiger partial charge in [-0.3, -0.25) is 0 Å². The summed E-state index contributed by atoms with van der Waals surface area (Å²) in [6, 6.07) is 6.49. The lowest BCUT2D eigenvalue weighted by atomic mass is 10.2. The highest BCUT2D eigenvalue weighted by atomic mass is 19.1. The van der Waals surface area contributed by atoms with Crippen LogP contribution < -0.4 is 5.32 Å². The van der Waals surface area contributed by atoms with Gasteiger partial charge in [-0.1, -0.05) is 12.1 Å². The second kappa shape index (κ2) is 6.50. The Labute approximate surface area is 89.2 Å². The van der Waals surface area contributed by atoms with Crippen molar-refractivity contribution in [3.8, 4) is 0 Å². The fourth-order valence-electron chi connectivity index (χ4n) is 1.24. The summed E-state index contributed by atoms with van der Waals surface area (Å²) >= 11 is 0. The Morgan fingerprint density at radius 3 is 2.67 bits per heavy atom. The molecule has 0 aliphatic carbocycles. The van der Waals surface area contributed by atoms with E-state index in [9.17, 15) is 4.39 Å². The van der Waals surface area contributed by atoms with Crippen molar-refractivity contribution in [1.82, 2.24) is 5.32 Å². The molecule has 0 radical (unpaired) electrons. The lowest BCUT2D eigenvalue weighted by Gasteiger charge is -2.13. The number of rotatable bonds is 6. The van der Waals surface area contributed by atoms with Gasteiger partial charge < -0.3 is 14.8 Å². The van der Waals surface area contributed by atoms with E-state index in [-0.39, 0.29) is 12.1 Å². The van der Waals surface area contributed by atoms with Crippen LogP contribution in [0.5, 0.6) is 0 Å². The molecule has 0 amide bonds. The third-order valence-electron chi connectivity index (χ3n) is 2.05. The Bertz CT molecular complexity index is 290. The zero-order chi connectivity index (χ0) is 11.1. The smallest absolute Gasteiger partial charge is 0.169 e. The van der Waals surface area contributed by atoms with Crippen molar-refractivity contribution in [3.63, 3.8) is 0 Å². The van der Waals surface area contributed by atoms with Crippen LogP contribution >= 0.6 is 0 Å². The van der Waals surface area contributed by atoms with E-state index in [4.69, 9.17) is 9.47 Å². The first-order valence-corrected chi connectivity index (χ1v) is 4.77. The summed E-state index contributed by atoms with van der Waals surface area (Å²) in [7, 11) is 3.16. The van der Waals surface area contributed by atoms with Crippen molar-refractivity contribution in [2.24, 2.45) is 0 Å². The lowest BCUT2D eigenvalue weighted by Crippen LogP contribution is -2.29. The summed E-state index contributed by atoms with van der Waals surface area (Å²) in [5.74, 6) is -0.218. The first-order valence-electron chi connectivity index (χ1n) is 4.77. The van der Waals surface area contributed by atoms with Crippen molar-refractivity contribution in [2.75, 3.05) is 20.8 Å². The maximum Gasteiger partial charge on any atom is 0.169 e. The summed E-state index contributed by atoms with van der Waals surface area (Å²) < 4.78 is 22.8. The molecule has 0 atom stereocenters. The molecule has 1 N–H and O–H groups in total. The molecule has 0 saturated heterocycles. The molecule has 0 heterocycles. The van der Waals surface area contributed by atoms with Gasteiger partial charge in [-0.2, -0.15) is 0 Å². The SMILES string of the molecule is COC(CNCc1cccc(F)c1)OC. The minimum absolute atomic E-state index is 0.218. The van der Waals surface area contributed by atoms with E-state index in [1.165, 1.54) is 12.1 Å². The van der Waals surface area contributed by atoms with E-state index in [0.29, 0.717) is 13.1 Å². The highest BCUT2D eigenvalue weighted by molar-refractivity contribution is 5.15. The maximum absolute atomic E-state index is 12.8. The van der Waals surface area contributed by atoms with E-state index < -0.39 is 0 Å². The van der Waals surface area contributed by atoms with Gasteiger partial charge in [-0.15, -0.1) is 0 Å². The maximum atomic E-state index is 12.8. The van der Waals surface area contributed by atoms with Crippen LogP contribution in [0.15, 0.2) is 24.3 Å². The summed E-state index contributed by atoms with van der Waals surface area (Å²) in [5, 5.41) is 3.11. The van der Waals surface area contributed by atoms with Crippen molar-refractivity contribution in [3.05, 3.63) is 35.6 Å². The molecule has 15 heavy (non-hydrogen) atoms. The largest absolute Gasteiger partial charge is 0.355 e. The molecule has 0 aromatic heterocycles. The first-order chi connectivity index (χ1) is 7.26. The van der Waals surface area contributed by atoms with Gasteiger partial charge in [-0.25, -0.2) is 4.39 Å². The van der Waals surface area contributed by atoms with Crippen LogP contribution in [0.2, 0.25) is 0 Å². The summed E-state index contributed by atoms with van der Waals surface area (Å²) in [4.78, 5) is 0. The molecule has 0 unspecified atom stereocenters. The van der Waals surface area contributed by atoms with Gasteiger partial charge in [0.05, 0.1) is 0 Å². The third kappa shape index (κ3) is 4.38. The number of halogens is 1. The van der Waals surface area contributed by atoms with Crippen LogP contribution in [0, 0.1) is 5.82 Å². The average Bonchev–Trinajstić information content (AvgIpc) is 2.25. The number of hydrogen-bond acceptors (Lipinski definition) is 3. The zero-order valence-electron chi connectivity index (χ0n) is 9.00. The van der Waals surface area contributed by atoms with Crippen LogP contribution in [0.3, 0.4) is 0 Å². The van der Waals surface area contributed by atoms with Crippen molar-refractivity contribution >= 4 is 0 Å². The Hall–Kier alpha value is -0.970. The lowest BCUT2D eigenvalue weighted by molar-refractivity contribution is -0.0989. The molecule has 4 heteroatoms. The Balaban J connectivity index is 2.31. The van der Waals surface area contributed by atoms with Crippen LogP contribution in [0.4, 0.5) is 4.39 Å². The van der Waals surface area contributed by atoms with Gasteiger partial charge in [0.2, 0.25) is 0 Å². The molecule has 0 saturated carbocycles. The number of ether oxygens (including phenoxy) is 2. The van der Waals surface area contributed by atoms with Gasteiger partial charge in [0.15, 0.2) is 6.29 Å². The third-order valence-corrected chi connectivity index (χ3v) is 2.05. The van der Waals surface area contributed by atoms with E-state index in [0.717, 1.165) is 5.56 Å². The number of nitrogens with one attached hydrogen (secondary N) is 1. The van der Waals surface area contributed by atoms with Crippen LogP contribution in [-0.4, -0.2) is 27.1 Å². The van der Waals surface area contributed by atoms with Gasteiger partial charge in [0, 0.05) is 27.3 Å². The van der Waals surface area contributed by atoms with Crippen molar-refractivity contribution in [1.29, 1.82) is 0 Å². The number of methoxy groups -OCH3 is 2. The second-order valence-electron chi connectivity index (χ2n) is 3.16. The van der Waals surface area contributed by atoms with E-state index in [1.807, 2.05) is 6.07 Å². The Kier molecular flexibility index (Phi) is 5.25. The van der Waals surface area contributed by atoms with Crippen LogP contribution in [0.1, 0.15) is 5.56 Å². The molecule has 84 valence electrons. The molecule has 0 aliphatic rings. The highest BCUT2D eigenvalue weighted by Gasteiger charge is 2.03. The molecule has 0 fully saturated rings. The quantitative estimate of drug-likeness (QED) is 0.727. The Morgan fingerprint density at radius 1 is 1.33 bits per heavy atom. The summed E-state index contributed by atoms with van der Waals surface area (Å²) in [5.41, 5.74) is 0.904. The monoisotopic (exact) mass is 213 g/mol. The molecule has 0 spiro atoms. The number of benzene rings is 1. The van der Waals surface area contributed by atoms with E-state index in [2.05, 4.69) is 5.32 Å². The minimum atomic E-state index is -0.265. The van der Waals surface area contributed by atoms with Crippen LogP contribution in [0.25, 0.3) is 0 Å². The fourth-order valence-corrected chi connectivity index (χ4v) is 1.24.